The van der Waals surface area contributed by atoms with Gasteiger partial charge in [0.05, 0.1) is 12.7 Å². The number of nitrogens with zero attached hydrogens (tertiary/aromatic N) is 3. The molecule has 3 atom stereocenters. The molecule has 1 heterocycles. The first-order valence-corrected chi connectivity index (χ1v) is 9.70. The summed E-state index contributed by atoms with van der Waals surface area (Å²) >= 11 is 0. The SMILES string of the molecule is COCCN(CCC#N)S(=O)(=O)N1C(C(=O)O)CC2CCCCC21. The van der Waals surface area contributed by atoms with Gasteiger partial charge in [0, 0.05) is 32.7 Å². The van der Waals surface area contributed by atoms with E-state index in [2.05, 4.69) is 0 Å². The molecule has 1 N–H and O–H groups in total. The number of carboxylic acids is 1. The number of nitriles is 1. The summed E-state index contributed by atoms with van der Waals surface area (Å²) in [6.45, 7) is 0.355. The maximum Gasteiger partial charge on any atom is 0.322 e. The molecule has 1 saturated heterocycles. The highest BCUT2D eigenvalue weighted by molar-refractivity contribution is 7.86. The normalized spacial score (nSPS) is 27.8. The standard InChI is InChI=1S/C15H25N3O5S/c1-23-10-9-17(8-4-7-16)24(21,22)18-13-6-3-2-5-12(13)11-14(18)15(19)20/h12-14H,2-6,8-11H2,1H3,(H,19,20). The predicted octanol–water partition coefficient (Wildman–Crippen LogP) is 0.811. The van der Waals surface area contributed by atoms with E-state index in [1.807, 2.05) is 6.07 Å². The predicted molar refractivity (Wildman–Crippen MR) is 86.2 cm³/mol. The highest BCUT2D eigenvalue weighted by Crippen LogP contribution is 2.42. The quantitative estimate of drug-likeness (QED) is 0.686. The van der Waals surface area contributed by atoms with Gasteiger partial charge in [0.2, 0.25) is 0 Å². The number of rotatable bonds is 8. The minimum absolute atomic E-state index is 0.0441. The smallest absolute Gasteiger partial charge is 0.322 e. The molecule has 0 spiro atoms. The van der Waals surface area contributed by atoms with Gasteiger partial charge in [-0.05, 0) is 25.2 Å². The highest BCUT2D eigenvalue weighted by atomic mass is 32.2. The van der Waals surface area contributed by atoms with Gasteiger partial charge in [-0.15, -0.1) is 0 Å². The lowest BCUT2D eigenvalue weighted by Gasteiger charge is -2.35. The third-order valence-corrected chi connectivity index (χ3v) is 7.00. The van der Waals surface area contributed by atoms with Crippen LogP contribution in [0.2, 0.25) is 0 Å². The molecule has 2 rings (SSSR count). The average molecular weight is 359 g/mol. The topological polar surface area (TPSA) is 111 Å². The van der Waals surface area contributed by atoms with E-state index in [1.54, 1.807) is 0 Å². The summed E-state index contributed by atoms with van der Waals surface area (Å²) in [6, 6.07) is 0.675. The zero-order chi connectivity index (χ0) is 17.7. The summed E-state index contributed by atoms with van der Waals surface area (Å²) in [7, 11) is -2.48. The first kappa shape index (κ1) is 19.1. The second kappa shape index (κ2) is 8.25. The van der Waals surface area contributed by atoms with Crippen LogP contribution in [-0.2, 0) is 19.7 Å². The minimum Gasteiger partial charge on any atom is -0.480 e. The van der Waals surface area contributed by atoms with Gasteiger partial charge in [-0.2, -0.15) is 22.3 Å². The largest absolute Gasteiger partial charge is 0.480 e. The van der Waals surface area contributed by atoms with Crippen LogP contribution in [0.25, 0.3) is 0 Å². The number of carbonyl (C=O) groups is 1. The maximum atomic E-state index is 13.1. The van der Waals surface area contributed by atoms with Gasteiger partial charge in [0.1, 0.15) is 6.04 Å². The molecule has 3 unspecified atom stereocenters. The molecule has 0 aromatic carbocycles. The third kappa shape index (κ3) is 3.88. The second-order valence-corrected chi connectivity index (χ2v) is 8.17. The Balaban J connectivity index is 2.30. The van der Waals surface area contributed by atoms with Crippen molar-refractivity contribution in [3.63, 3.8) is 0 Å². The molecule has 1 aliphatic carbocycles. The third-order valence-electron chi connectivity index (χ3n) is 4.92. The lowest BCUT2D eigenvalue weighted by atomic mass is 9.85. The fraction of sp³-hybridized carbons (Fsp3) is 0.867. The van der Waals surface area contributed by atoms with Crippen molar-refractivity contribution in [1.29, 1.82) is 5.26 Å². The van der Waals surface area contributed by atoms with E-state index in [-0.39, 0.29) is 38.1 Å². The molecule has 2 aliphatic rings. The zero-order valence-corrected chi connectivity index (χ0v) is 14.7. The van der Waals surface area contributed by atoms with Gasteiger partial charge in [-0.1, -0.05) is 12.8 Å². The van der Waals surface area contributed by atoms with Crippen LogP contribution in [0.5, 0.6) is 0 Å². The average Bonchev–Trinajstić information content (AvgIpc) is 2.95. The summed E-state index contributed by atoms with van der Waals surface area (Å²) in [5.41, 5.74) is 0. The first-order valence-electron chi connectivity index (χ1n) is 8.30. The van der Waals surface area contributed by atoms with Crippen molar-refractivity contribution in [3.8, 4) is 6.07 Å². The van der Waals surface area contributed by atoms with Crippen LogP contribution in [0.1, 0.15) is 38.5 Å². The number of hydrogen-bond acceptors (Lipinski definition) is 5. The Morgan fingerprint density at radius 3 is 2.71 bits per heavy atom. The van der Waals surface area contributed by atoms with Crippen molar-refractivity contribution < 1.29 is 23.1 Å². The van der Waals surface area contributed by atoms with Gasteiger partial charge >= 0.3 is 5.97 Å². The molecule has 1 saturated carbocycles. The van der Waals surface area contributed by atoms with Crippen LogP contribution in [0.4, 0.5) is 0 Å². The summed E-state index contributed by atoms with van der Waals surface area (Å²) in [6.07, 6.45) is 3.93. The van der Waals surface area contributed by atoms with Crippen molar-refractivity contribution in [3.05, 3.63) is 0 Å². The van der Waals surface area contributed by atoms with Crippen molar-refractivity contribution in [2.75, 3.05) is 26.8 Å². The fourth-order valence-electron chi connectivity index (χ4n) is 3.81. The summed E-state index contributed by atoms with van der Waals surface area (Å²) in [4.78, 5) is 11.7. The highest BCUT2D eigenvalue weighted by Gasteiger charge is 2.52. The van der Waals surface area contributed by atoms with Crippen LogP contribution < -0.4 is 0 Å². The van der Waals surface area contributed by atoms with Crippen molar-refractivity contribution in [2.24, 2.45) is 5.92 Å². The second-order valence-electron chi connectivity index (χ2n) is 6.34. The van der Waals surface area contributed by atoms with Crippen LogP contribution in [0, 0.1) is 17.2 Å². The van der Waals surface area contributed by atoms with Crippen molar-refractivity contribution in [2.45, 2.75) is 50.6 Å². The Labute approximate surface area is 143 Å². The molecule has 136 valence electrons. The van der Waals surface area contributed by atoms with Gasteiger partial charge in [-0.25, -0.2) is 0 Å². The molecule has 24 heavy (non-hydrogen) atoms. The molecule has 0 aromatic rings. The van der Waals surface area contributed by atoms with Crippen molar-refractivity contribution in [1.82, 2.24) is 8.61 Å². The summed E-state index contributed by atoms with van der Waals surface area (Å²) in [5.74, 6) is -0.991. The monoisotopic (exact) mass is 359 g/mol. The number of hydrogen-bond donors (Lipinski definition) is 1. The molecule has 2 fully saturated rings. The van der Waals surface area contributed by atoms with E-state index in [0.717, 1.165) is 19.3 Å². The lowest BCUT2D eigenvalue weighted by molar-refractivity contribution is -0.141. The number of methoxy groups -OCH3 is 1. The molecule has 9 heteroatoms. The van der Waals surface area contributed by atoms with Crippen LogP contribution in [0.15, 0.2) is 0 Å². The Hall–Kier alpha value is -1.21. The number of ether oxygens (including phenoxy) is 1. The van der Waals surface area contributed by atoms with Crippen LogP contribution in [-0.4, -0.2) is 67.0 Å². The summed E-state index contributed by atoms with van der Waals surface area (Å²) in [5, 5.41) is 18.3. The molecular formula is C15H25N3O5S. The van der Waals surface area contributed by atoms with Crippen LogP contribution >= 0.6 is 0 Å². The Morgan fingerprint density at radius 1 is 1.38 bits per heavy atom. The molecule has 8 nitrogen and oxygen atoms in total. The Morgan fingerprint density at radius 2 is 2.08 bits per heavy atom. The minimum atomic E-state index is -3.96. The van der Waals surface area contributed by atoms with E-state index in [1.165, 1.54) is 15.7 Å². The number of fused-ring (bicyclic) bond motifs is 1. The molecule has 0 aromatic heterocycles. The van der Waals surface area contributed by atoms with E-state index >= 15 is 0 Å². The van der Waals surface area contributed by atoms with E-state index in [9.17, 15) is 18.3 Å². The molecular weight excluding hydrogens is 334 g/mol. The summed E-state index contributed by atoms with van der Waals surface area (Å²) < 4.78 is 33.6. The number of carboxylic acid groups (broad SMARTS) is 1. The van der Waals surface area contributed by atoms with Gasteiger partial charge < -0.3 is 9.84 Å². The molecule has 0 bridgehead atoms. The van der Waals surface area contributed by atoms with Crippen molar-refractivity contribution >= 4 is 16.2 Å². The van der Waals surface area contributed by atoms with Gasteiger partial charge in [-0.3, -0.25) is 4.79 Å². The molecule has 0 radical (unpaired) electrons. The van der Waals surface area contributed by atoms with Gasteiger partial charge in [0.25, 0.3) is 10.2 Å². The van der Waals surface area contributed by atoms with Gasteiger partial charge in [0.15, 0.2) is 0 Å². The Bertz CT molecular complexity index is 588. The zero-order valence-electron chi connectivity index (χ0n) is 13.9. The van der Waals surface area contributed by atoms with E-state index in [4.69, 9.17) is 10.00 Å². The fourth-order valence-corrected chi connectivity index (χ4v) is 5.82. The molecule has 1 aliphatic heterocycles. The van der Waals surface area contributed by atoms with E-state index in [0.29, 0.717) is 12.8 Å². The lowest BCUT2D eigenvalue weighted by Crippen LogP contribution is -2.53. The maximum absolute atomic E-state index is 13.1. The first-order chi connectivity index (χ1) is 11.4. The Kier molecular flexibility index (Phi) is 6.57. The molecule has 0 amide bonds. The van der Waals surface area contributed by atoms with Crippen LogP contribution in [0.3, 0.4) is 0 Å². The number of aliphatic carboxylic acids is 1. The van der Waals surface area contributed by atoms with E-state index < -0.39 is 22.2 Å².